The highest BCUT2D eigenvalue weighted by atomic mass is 32.2. The number of nitrogens with one attached hydrogen (secondary N) is 1. The van der Waals surface area contributed by atoms with E-state index in [9.17, 15) is 13.2 Å². The Morgan fingerprint density at radius 3 is 2.62 bits per heavy atom. The van der Waals surface area contributed by atoms with Crippen LogP contribution in [0.4, 0.5) is 5.69 Å². The molecule has 0 aliphatic carbocycles. The highest BCUT2D eigenvalue weighted by Gasteiger charge is 2.16. The molecule has 0 saturated heterocycles. The summed E-state index contributed by atoms with van der Waals surface area (Å²) in [5.74, 6) is -0.549. The second-order valence-corrected chi connectivity index (χ2v) is 7.03. The van der Waals surface area contributed by atoms with Gasteiger partial charge >= 0.3 is 0 Å². The van der Waals surface area contributed by atoms with Gasteiger partial charge in [-0.05, 0) is 24.6 Å². The Labute approximate surface area is 122 Å². The second-order valence-electron chi connectivity index (χ2n) is 4.77. The van der Waals surface area contributed by atoms with Crippen LogP contribution in [0.25, 0.3) is 11.0 Å². The molecule has 1 unspecified atom stereocenters. The smallest absolute Gasteiger partial charge is 0.241 e. The molecule has 8 heteroatoms. The summed E-state index contributed by atoms with van der Waals surface area (Å²) in [6, 6.07) is 4.24. The number of hydrogen-bond donors (Lipinski definition) is 2. The molecule has 1 amide bonds. The first kappa shape index (κ1) is 15.3. The van der Waals surface area contributed by atoms with E-state index >= 15 is 0 Å². The van der Waals surface area contributed by atoms with Crippen LogP contribution in [0.1, 0.15) is 6.42 Å². The minimum atomic E-state index is -3.13. The molecule has 0 fully saturated rings. The first-order valence-corrected chi connectivity index (χ1v) is 8.36. The van der Waals surface area contributed by atoms with Crippen molar-refractivity contribution in [3.63, 3.8) is 0 Å². The van der Waals surface area contributed by atoms with E-state index in [2.05, 4.69) is 15.3 Å². The number of carbonyl (C=O) groups excluding carboxylic acids is 1. The maximum Gasteiger partial charge on any atom is 0.241 e. The summed E-state index contributed by atoms with van der Waals surface area (Å²) >= 11 is 0. The number of hydrogen-bond acceptors (Lipinski definition) is 6. The third-order valence-corrected chi connectivity index (χ3v) is 3.85. The molecule has 21 heavy (non-hydrogen) atoms. The molecular weight excluding hydrogens is 292 g/mol. The Morgan fingerprint density at radius 2 is 1.95 bits per heavy atom. The number of nitrogens with zero attached hydrogens (tertiary/aromatic N) is 2. The number of anilines is 1. The van der Waals surface area contributed by atoms with Crippen molar-refractivity contribution in [3.05, 3.63) is 30.6 Å². The maximum atomic E-state index is 11.9. The van der Waals surface area contributed by atoms with Crippen molar-refractivity contribution < 1.29 is 13.2 Å². The van der Waals surface area contributed by atoms with Gasteiger partial charge in [0.1, 0.15) is 9.84 Å². The fraction of sp³-hybridized carbons (Fsp3) is 0.308. The molecule has 0 spiro atoms. The van der Waals surface area contributed by atoms with Gasteiger partial charge < -0.3 is 11.1 Å². The summed E-state index contributed by atoms with van der Waals surface area (Å²) in [5.41, 5.74) is 7.60. The molecule has 0 aliphatic rings. The monoisotopic (exact) mass is 308 g/mol. The number of amides is 1. The van der Waals surface area contributed by atoms with E-state index in [0.717, 1.165) is 11.8 Å². The summed E-state index contributed by atoms with van der Waals surface area (Å²) in [5, 5.41) is 2.64. The molecule has 1 atom stereocenters. The third kappa shape index (κ3) is 4.47. The number of carbonyl (C=O) groups is 1. The minimum absolute atomic E-state index is 0.0814. The normalized spacial score (nSPS) is 13.0. The van der Waals surface area contributed by atoms with Crippen molar-refractivity contribution in [2.24, 2.45) is 5.73 Å². The Hall–Kier alpha value is -2.06. The van der Waals surface area contributed by atoms with Crippen molar-refractivity contribution in [2.75, 3.05) is 17.3 Å². The van der Waals surface area contributed by atoms with Crippen LogP contribution >= 0.6 is 0 Å². The van der Waals surface area contributed by atoms with Crippen LogP contribution in [-0.4, -0.2) is 42.3 Å². The van der Waals surface area contributed by atoms with Crippen molar-refractivity contribution in [2.45, 2.75) is 12.5 Å². The zero-order valence-corrected chi connectivity index (χ0v) is 12.3. The summed E-state index contributed by atoms with van der Waals surface area (Å²) in [4.78, 5) is 20.2. The Bertz CT molecular complexity index is 761. The van der Waals surface area contributed by atoms with Crippen LogP contribution in [0.2, 0.25) is 0 Å². The molecule has 1 heterocycles. The van der Waals surface area contributed by atoms with Crippen LogP contribution < -0.4 is 11.1 Å². The van der Waals surface area contributed by atoms with Crippen LogP contribution in [0.15, 0.2) is 30.6 Å². The van der Waals surface area contributed by atoms with Gasteiger partial charge in [0.25, 0.3) is 0 Å². The predicted octanol–water partition coefficient (Wildman–Crippen LogP) is 0.330. The molecule has 1 aromatic carbocycles. The molecule has 0 bridgehead atoms. The van der Waals surface area contributed by atoms with Gasteiger partial charge in [-0.25, -0.2) is 8.42 Å². The van der Waals surface area contributed by atoms with Gasteiger partial charge in [0.05, 0.1) is 22.8 Å². The Morgan fingerprint density at radius 1 is 1.29 bits per heavy atom. The molecule has 0 saturated carbocycles. The molecule has 3 N–H and O–H groups in total. The van der Waals surface area contributed by atoms with Crippen molar-refractivity contribution in [3.8, 4) is 0 Å². The van der Waals surface area contributed by atoms with Gasteiger partial charge in [-0.1, -0.05) is 0 Å². The van der Waals surface area contributed by atoms with E-state index in [1.807, 2.05) is 0 Å². The number of fused-ring (bicyclic) bond motifs is 1. The minimum Gasteiger partial charge on any atom is -0.325 e. The molecule has 7 nitrogen and oxygen atoms in total. The van der Waals surface area contributed by atoms with E-state index in [-0.39, 0.29) is 12.2 Å². The van der Waals surface area contributed by atoms with Gasteiger partial charge in [-0.15, -0.1) is 0 Å². The van der Waals surface area contributed by atoms with Gasteiger partial charge in [0, 0.05) is 24.3 Å². The first-order chi connectivity index (χ1) is 9.85. The molecule has 112 valence electrons. The summed E-state index contributed by atoms with van der Waals surface area (Å²) in [6.45, 7) is 0. The molecule has 2 rings (SSSR count). The first-order valence-electron chi connectivity index (χ1n) is 6.30. The fourth-order valence-corrected chi connectivity index (χ4v) is 2.43. The molecule has 0 aliphatic heterocycles. The highest BCUT2D eigenvalue weighted by molar-refractivity contribution is 7.90. The van der Waals surface area contributed by atoms with Crippen LogP contribution in [-0.2, 0) is 14.6 Å². The van der Waals surface area contributed by atoms with Gasteiger partial charge in [-0.2, -0.15) is 0 Å². The Kier molecular flexibility index (Phi) is 4.49. The van der Waals surface area contributed by atoms with Gasteiger partial charge in [0.2, 0.25) is 5.91 Å². The lowest BCUT2D eigenvalue weighted by Gasteiger charge is -2.12. The van der Waals surface area contributed by atoms with Crippen molar-refractivity contribution in [1.29, 1.82) is 0 Å². The lowest BCUT2D eigenvalue weighted by atomic mass is 10.2. The van der Waals surface area contributed by atoms with E-state index < -0.39 is 21.8 Å². The van der Waals surface area contributed by atoms with Gasteiger partial charge in [0.15, 0.2) is 0 Å². The zero-order chi connectivity index (χ0) is 15.5. The maximum absolute atomic E-state index is 11.9. The van der Waals surface area contributed by atoms with Crippen LogP contribution in [0.5, 0.6) is 0 Å². The standard InChI is InChI=1S/C13H16N4O3S/c1-21(19,20)7-4-10(14)13(18)17-9-2-3-11-12(8-9)16-6-5-15-11/h2-3,5-6,8,10H,4,7,14H2,1H3,(H,17,18). The van der Waals surface area contributed by atoms with E-state index in [1.54, 1.807) is 30.6 Å². The summed E-state index contributed by atoms with van der Waals surface area (Å²) < 4.78 is 22.1. The lowest BCUT2D eigenvalue weighted by Crippen LogP contribution is -2.37. The SMILES string of the molecule is CS(=O)(=O)CCC(N)C(=O)Nc1ccc2nccnc2c1. The average molecular weight is 308 g/mol. The fourth-order valence-electron chi connectivity index (χ4n) is 1.75. The van der Waals surface area contributed by atoms with E-state index in [4.69, 9.17) is 5.73 Å². The second kappa shape index (κ2) is 6.15. The molecule has 2 aromatic rings. The van der Waals surface area contributed by atoms with Crippen molar-refractivity contribution in [1.82, 2.24) is 9.97 Å². The number of nitrogens with two attached hydrogens (primary N) is 1. The van der Waals surface area contributed by atoms with E-state index in [1.165, 1.54) is 0 Å². The number of benzene rings is 1. The van der Waals surface area contributed by atoms with Crippen LogP contribution in [0, 0.1) is 0 Å². The number of sulfone groups is 1. The molecule has 0 radical (unpaired) electrons. The predicted molar refractivity (Wildman–Crippen MR) is 80.5 cm³/mol. The topological polar surface area (TPSA) is 115 Å². The quantitative estimate of drug-likeness (QED) is 0.822. The van der Waals surface area contributed by atoms with Gasteiger partial charge in [-0.3, -0.25) is 14.8 Å². The van der Waals surface area contributed by atoms with E-state index in [0.29, 0.717) is 11.2 Å². The van der Waals surface area contributed by atoms with Crippen LogP contribution in [0.3, 0.4) is 0 Å². The number of rotatable bonds is 5. The lowest BCUT2D eigenvalue weighted by molar-refractivity contribution is -0.117. The number of aromatic nitrogens is 2. The van der Waals surface area contributed by atoms with Crippen molar-refractivity contribution >= 4 is 32.5 Å². The summed E-state index contributed by atoms with van der Waals surface area (Å²) in [7, 11) is -3.13. The molecular formula is C13H16N4O3S. The summed E-state index contributed by atoms with van der Waals surface area (Å²) in [6.07, 6.45) is 4.34. The highest BCUT2D eigenvalue weighted by Crippen LogP contribution is 2.15. The zero-order valence-electron chi connectivity index (χ0n) is 11.5. The largest absolute Gasteiger partial charge is 0.325 e. The average Bonchev–Trinajstić information content (AvgIpc) is 2.43. The molecule has 1 aromatic heterocycles. The third-order valence-electron chi connectivity index (χ3n) is 2.87. The Balaban J connectivity index is 2.03.